The summed E-state index contributed by atoms with van der Waals surface area (Å²) in [6.07, 6.45) is 3.96. The Kier molecular flexibility index (Phi) is 9.54. The van der Waals surface area contributed by atoms with Crippen LogP contribution in [0.15, 0.2) is 33.5 Å². The Labute approximate surface area is 213 Å². The summed E-state index contributed by atoms with van der Waals surface area (Å²) < 4.78 is 39.6. The van der Waals surface area contributed by atoms with Gasteiger partial charge >= 0.3 is 0 Å². The highest BCUT2D eigenvalue weighted by molar-refractivity contribution is 9.09. The average Bonchev–Trinajstić information content (AvgIpc) is 2.89. The average molecular weight is 551 g/mol. The molecule has 0 unspecified atom stereocenters. The van der Waals surface area contributed by atoms with E-state index in [1.54, 1.807) is 24.3 Å². The maximum absolute atomic E-state index is 13.7. The van der Waals surface area contributed by atoms with Crippen molar-refractivity contribution in [3.05, 3.63) is 34.5 Å². The second-order valence-electron chi connectivity index (χ2n) is 7.66. The van der Waals surface area contributed by atoms with Gasteiger partial charge in [0.1, 0.15) is 22.5 Å². The highest BCUT2D eigenvalue weighted by atomic mass is 79.9. The molecule has 0 amide bonds. The molecule has 0 fully saturated rings. The lowest BCUT2D eigenvalue weighted by Gasteiger charge is -2.17. The van der Waals surface area contributed by atoms with Crippen LogP contribution in [0, 0.1) is 0 Å². The van der Waals surface area contributed by atoms with Gasteiger partial charge in [-0.3, -0.25) is 4.79 Å². The van der Waals surface area contributed by atoms with Gasteiger partial charge in [-0.2, -0.15) is 0 Å². The van der Waals surface area contributed by atoms with Gasteiger partial charge in [-0.15, -0.1) is 0 Å². The summed E-state index contributed by atoms with van der Waals surface area (Å²) in [5, 5.41) is 1.25. The van der Waals surface area contributed by atoms with Gasteiger partial charge in [0.2, 0.25) is 16.9 Å². The fourth-order valence-corrected chi connectivity index (χ4v) is 4.18. The maximum Gasteiger partial charge on any atom is 0.239 e. The summed E-state index contributed by atoms with van der Waals surface area (Å²) in [6, 6.07) is 6.71. The third kappa shape index (κ3) is 5.78. The number of alkyl halides is 1. The van der Waals surface area contributed by atoms with Crippen LogP contribution in [-0.2, 0) is 0 Å². The van der Waals surface area contributed by atoms with Crippen molar-refractivity contribution in [2.75, 3.05) is 47.5 Å². The number of fused-ring (bicyclic) bond motifs is 1. The third-order valence-electron chi connectivity index (χ3n) is 5.55. The highest BCUT2D eigenvalue weighted by Crippen LogP contribution is 2.44. The van der Waals surface area contributed by atoms with Crippen LogP contribution < -0.4 is 33.8 Å². The highest BCUT2D eigenvalue weighted by Gasteiger charge is 2.24. The first-order valence-electron chi connectivity index (χ1n) is 11.2. The second kappa shape index (κ2) is 12.6. The summed E-state index contributed by atoms with van der Waals surface area (Å²) in [7, 11) is 7.60. The van der Waals surface area contributed by atoms with E-state index >= 15 is 0 Å². The normalized spacial score (nSPS) is 10.8. The molecule has 0 aliphatic carbocycles. The minimum absolute atomic E-state index is 0.0933. The molecule has 0 atom stereocenters. The number of methoxy groups -OCH3 is 5. The standard InChI is InChI=1S/C26H31BrO8/c1-29-17-14-18(30-2)22-19(15-17)35-24(26(23(22)28)34-11-9-7-6-8-10-27)16-12-20(31-3)25(33-5)21(13-16)32-4/h12-15H,6-11H2,1-5H3. The van der Waals surface area contributed by atoms with E-state index in [-0.39, 0.29) is 22.3 Å². The molecule has 0 saturated heterocycles. The van der Waals surface area contributed by atoms with Gasteiger partial charge in [-0.1, -0.05) is 28.8 Å². The number of benzene rings is 2. The number of rotatable bonds is 13. The predicted octanol–water partition coefficient (Wildman–Crippen LogP) is 5.84. The summed E-state index contributed by atoms with van der Waals surface area (Å²) in [6.45, 7) is 0.369. The van der Waals surface area contributed by atoms with Gasteiger partial charge in [0.25, 0.3) is 0 Å². The molecule has 0 aliphatic rings. The SMILES string of the molecule is COc1cc(OC)c2c(=O)c(OCCCCCCBr)c(-c3cc(OC)c(OC)c(OC)c3)oc2c1. The maximum atomic E-state index is 13.7. The van der Waals surface area contributed by atoms with Gasteiger partial charge in [-0.05, 0) is 25.0 Å². The summed E-state index contributed by atoms with van der Waals surface area (Å²) in [4.78, 5) is 13.7. The van der Waals surface area contributed by atoms with Crippen LogP contribution in [0.5, 0.6) is 34.5 Å². The first-order valence-corrected chi connectivity index (χ1v) is 12.4. The van der Waals surface area contributed by atoms with Crippen molar-refractivity contribution in [3.8, 4) is 45.8 Å². The molecular weight excluding hydrogens is 520 g/mol. The summed E-state index contributed by atoms with van der Waals surface area (Å²) in [5.41, 5.74) is 0.504. The molecule has 190 valence electrons. The first-order chi connectivity index (χ1) is 17.0. The Morgan fingerprint density at radius 2 is 1.40 bits per heavy atom. The molecular formula is C26H31BrO8. The van der Waals surface area contributed by atoms with E-state index in [0.29, 0.717) is 46.5 Å². The molecule has 0 spiro atoms. The van der Waals surface area contributed by atoms with E-state index in [0.717, 1.165) is 31.0 Å². The fourth-order valence-electron chi connectivity index (χ4n) is 3.78. The molecule has 0 saturated carbocycles. The molecule has 8 nitrogen and oxygen atoms in total. The van der Waals surface area contributed by atoms with Crippen molar-refractivity contribution in [1.29, 1.82) is 0 Å². The molecule has 0 N–H and O–H groups in total. The largest absolute Gasteiger partial charge is 0.496 e. The zero-order chi connectivity index (χ0) is 25.4. The van der Waals surface area contributed by atoms with Crippen molar-refractivity contribution in [2.24, 2.45) is 0 Å². The zero-order valence-corrected chi connectivity index (χ0v) is 22.3. The molecule has 0 aliphatic heterocycles. The van der Waals surface area contributed by atoms with Crippen LogP contribution in [0.2, 0.25) is 0 Å². The number of hydrogen-bond acceptors (Lipinski definition) is 8. The van der Waals surface area contributed by atoms with Crippen LogP contribution in [0.25, 0.3) is 22.3 Å². The van der Waals surface area contributed by atoms with Crippen molar-refractivity contribution in [3.63, 3.8) is 0 Å². The van der Waals surface area contributed by atoms with E-state index in [9.17, 15) is 4.79 Å². The lowest BCUT2D eigenvalue weighted by molar-refractivity contribution is 0.297. The molecule has 2 aromatic carbocycles. The van der Waals surface area contributed by atoms with Crippen molar-refractivity contribution >= 4 is 26.9 Å². The van der Waals surface area contributed by atoms with Gasteiger partial charge in [0.05, 0.1) is 42.2 Å². The molecule has 0 bridgehead atoms. The van der Waals surface area contributed by atoms with Crippen LogP contribution >= 0.6 is 15.9 Å². The van der Waals surface area contributed by atoms with Gasteiger partial charge < -0.3 is 32.8 Å². The van der Waals surface area contributed by atoms with E-state index in [2.05, 4.69) is 15.9 Å². The quantitative estimate of drug-likeness (QED) is 0.194. The van der Waals surface area contributed by atoms with Gasteiger partial charge in [0, 0.05) is 23.0 Å². The molecule has 1 heterocycles. The van der Waals surface area contributed by atoms with Crippen LogP contribution in [0.3, 0.4) is 0 Å². The Morgan fingerprint density at radius 1 is 0.743 bits per heavy atom. The zero-order valence-electron chi connectivity index (χ0n) is 20.7. The van der Waals surface area contributed by atoms with Crippen LogP contribution in [-0.4, -0.2) is 47.5 Å². The number of unbranched alkanes of at least 4 members (excludes halogenated alkanes) is 3. The predicted molar refractivity (Wildman–Crippen MR) is 138 cm³/mol. The smallest absolute Gasteiger partial charge is 0.239 e. The lowest BCUT2D eigenvalue weighted by Crippen LogP contribution is -2.12. The molecule has 35 heavy (non-hydrogen) atoms. The molecule has 0 radical (unpaired) electrons. The van der Waals surface area contributed by atoms with Gasteiger partial charge in [-0.25, -0.2) is 0 Å². The van der Waals surface area contributed by atoms with E-state index in [1.807, 2.05) is 0 Å². The molecule has 9 heteroatoms. The Balaban J connectivity index is 2.20. The van der Waals surface area contributed by atoms with Crippen LogP contribution in [0.1, 0.15) is 25.7 Å². The van der Waals surface area contributed by atoms with E-state index in [4.69, 9.17) is 32.8 Å². The lowest BCUT2D eigenvalue weighted by atomic mass is 10.1. The van der Waals surface area contributed by atoms with Crippen LogP contribution in [0.4, 0.5) is 0 Å². The Bertz CT molecular complexity index is 1180. The number of halogens is 1. The fraction of sp³-hybridized carbons (Fsp3) is 0.423. The second-order valence-corrected chi connectivity index (χ2v) is 8.45. The number of ether oxygens (including phenoxy) is 6. The molecule has 3 rings (SSSR count). The van der Waals surface area contributed by atoms with Crippen molar-refractivity contribution in [1.82, 2.24) is 0 Å². The minimum Gasteiger partial charge on any atom is -0.496 e. The third-order valence-corrected chi connectivity index (χ3v) is 6.11. The van der Waals surface area contributed by atoms with Crippen molar-refractivity contribution in [2.45, 2.75) is 25.7 Å². The number of hydrogen-bond donors (Lipinski definition) is 0. The molecule has 1 aromatic heterocycles. The van der Waals surface area contributed by atoms with Crippen molar-refractivity contribution < 1.29 is 32.8 Å². The monoisotopic (exact) mass is 550 g/mol. The topological polar surface area (TPSA) is 85.6 Å². The first kappa shape index (κ1) is 26.5. The minimum atomic E-state index is -0.338. The van der Waals surface area contributed by atoms with Gasteiger partial charge in [0.15, 0.2) is 17.3 Å². The Hall–Kier alpha value is -3.07. The Morgan fingerprint density at radius 3 is 1.97 bits per heavy atom. The van der Waals surface area contributed by atoms with E-state index in [1.165, 1.54) is 35.5 Å². The summed E-state index contributed by atoms with van der Waals surface area (Å²) in [5.74, 6) is 2.45. The summed E-state index contributed by atoms with van der Waals surface area (Å²) >= 11 is 3.45. The molecule has 3 aromatic rings. The van der Waals surface area contributed by atoms with E-state index < -0.39 is 0 Å².